The molecule has 0 fully saturated rings. The maximum Gasteiger partial charge on any atom is 0.455 e. The van der Waals surface area contributed by atoms with Crippen molar-refractivity contribution >= 4 is 98.1 Å². The third-order valence-corrected chi connectivity index (χ3v) is 10.7. The average Bonchev–Trinajstić information content (AvgIpc) is 4.19. The van der Waals surface area contributed by atoms with E-state index in [0.29, 0.717) is 56.0 Å². The average molecular weight is 1250 g/mol. The molecule has 0 unspecified atom stereocenters. The van der Waals surface area contributed by atoms with Crippen LogP contribution in [0.3, 0.4) is 0 Å². The number of Topliss-reactive ketones (excluding diaryl/α,β-unsaturated/α-hetero) is 4. The van der Waals surface area contributed by atoms with Gasteiger partial charge in [0.05, 0.1) is 31.0 Å². The summed E-state index contributed by atoms with van der Waals surface area (Å²) in [6.07, 6.45) is -19.7. The summed E-state index contributed by atoms with van der Waals surface area (Å²) in [6.45, 7) is 18.1. The number of hydrogen-bond donors (Lipinski definition) is 4. The van der Waals surface area contributed by atoms with Crippen LogP contribution in [-0.2, 0) is 42.3 Å². The number of hydrogen-bond acceptors (Lipinski definition) is 19. The van der Waals surface area contributed by atoms with E-state index >= 15 is 0 Å². The molecule has 0 aliphatic rings. The van der Waals surface area contributed by atoms with Crippen LogP contribution < -0.4 is 11.5 Å². The summed E-state index contributed by atoms with van der Waals surface area (Å²) in [6, 6.07) is 8.31. The number of amidine groups is 2. The number of oxime groups is 2. The predicted molar refractivity (Wildman–Crippen MR) is 249 cm³/mol. The van der Waals surface area contributed by atoms with Gasteiger partial charge in [-0.1, -0.05) is 22.9 Å². The molecule has 419 valence electrons. The summed E-state index contributed by atoms with van der Waals surface area (Å²) in [7, 11) is 0. The molecule has 5 rings (SSSR count). The van der Waals surface area contributed by atoms with Crippen LogP contribution in [0.25, 0.3) is 10.8 Å². The number of ketones is 4. The van der Waals surface area contributed by atoms with Gasteiger partial charge in [-0.15, -0.1) is 45.3 Å². The topological polar surface area (TPSA) is 294 Å². The van der Waals surface area contributed by atoms with E-state index in [0.717, 1.165) is 42.5 Å². The number of carboxylic acids is 1. The van der Waals surface area contributed by atoms with Crippen molar-refractivity contribution < 1.29 is 143 Å². The second-order valence-corrected chi connectivity index (χ2v) is 16.3. The first-order valence-electron chi connectivity index (χ1n) is 18.7. The van der Waals surface area contributed by atoms with Crippen molar-refractivity contribution in [1.29, 1.82) is 0 Å². The van der Waals surface area contributed by atoms with E-state index in [9.17, 15) is 86.2 Å². The van der Waals surface area contributed by atoms with Crippen LogP contribution in [0.15, 0.2) is 69.9 Å². The normalized spacial score (nSPS) is 10.9. The van der Waals surface area contributed by atoms with Crippen LogP contribution in [0.4, 0.5) is 52.7 Å². The predicted octanol–water partition coefficient (Wildman–Crippen LogP) is 11.5. The van der Waals surface area contributed by atoms with Gasteiger partial charge in [0, 0.05) is 32.7 Å². The molecule has 0 aromatic carbocycles. The van der Waals surface area contributed by atoms with Crippen LogP contribution in [0, 0.1) is 20.4 Å². The number of aromatic nitrogens is 2. The number of esters is 1. The van der Waals surface area contributed by atoms with Crippen molar-refractivity contribution in [3.05, 3.63) is 109 Å². The quantitative estimate of drug-likeness (QED) is 0.0116. The molecule has 0 saturated carbocycles. The zero-order valence-corrected chi connectivity index (χ0v) is 44.6. The number of rotatable bonds is 10. The first-order chi connectivity index (χ1) is 34.0. The number of aromatic carboxylic acids is 1. The van der Waals surface area contributed by atoms with Gasteiger partial charge in [0.25, 0.3) is 29.0 Å². The Kier molecular flexibility index (Phi) is 35.3. The van der Waals surface area contributed by atoms with Gasteiger partial charge in [-0.25, -0.2) is 14.4 Å². The van der Waals surface area contributed by atoms with Crippen LogP contribution >= 0.6 is 45.3 Å². The molecule has 35 heteroatoms. The molecule has 5 aromatic heterocycles. The summed E-state index contributed by atoms with van der Waals surface area (Å²) >= 11 is 1.82. The number of thiophene rings is 4. The monoisotopic (exact) mass is 1250 g/mol. The minimum absolute atomic E-state index is 0. The molecule has 5 aromatic rings. The number of carboxylic acid groups (broad SMARTS) is 1. The number of halogens is 12. The van der Waals surface area contributed by atoms with E-state index in [2.05, 4.69) is 50.1 Å². The Bertz CT molecular complexity index is 2720. The van der Waals surface area contributed by atoms with Gasteiger partial charge in [-0.3, -0.25) is 25.8 Å². The van der Waals surface area contributed by atoms with Crippen molar-refractivity contribution in [3.63, 3.8) is 0 Å². The smallest absolute Gasteiger partial charge is 0.455 e. The number of aryl methyl sites for hydroxylation is 1. The SMILES string of the molecule is C.C/C(N)=N/O.C/C(N)=N/OC(=O)c1ccc(C(=O)C(F)(F)F)s1.CCOC(=O)c1ccc(C(=O)C(F)(F)F)s1.Cc1noc(-c2ccc(C(=O)C(F)(F)F)s2)n1.O=C(O)c1ccc(C(=O)C(F)(F)F)s1.[CH-]=C.[CH2-]C.[Y]. The number of carbonyl (C=O) groups excluding carboxylic acids is 6. The van der Waals surface area contributed by atoms with Crippen molar-refractivity contribution in [2.75, 3.05) is 6.61 Å². The Balaban J connectivity index is -0.000000429. The molecule has 6 N–H and O–H groups in total. The summed E-state index contributed by atoms with van der Waals surface area (Å²) in [5, 5.41) is 25.2. The molecule has 0 aliphatic heterocycles. The zero-order chi connectivity index (χ0) is 58.1. The molecule has 5 heterocycles. The Hall–Kier alpha value is -6.23. The van der Waals surface area contributed by atoms with Gasteiger partial charge in [0.2, 0.25) is 0 Å². The van der Waals surface area contributed by atoms with Crippen molar-refractivity contribution in [2.45, 2.75) is 66.8 Å². The first-order valence-corrected chi connectivity index (χ1v) is 21.9. The van der Waals surface area contributed by atoms with Gasteiger partial charge in [-0.05, 0) is 76.2 Å². The van der Waals surface area contributed by atoms with Crippen LogP contribution in [0.1, 0.15) is 109 Å². The van der Waals surface area contributed by atoms with E-state index in [1.165, 1.54) is 19.9 Å². The Morgan fingerprint density at radius 3 is 1.25 bits per heavy atom. The van der Waals surface area contributed by atoms with E-state index in [1.807, 2.05) is 0 Å². The molecule has 1 radical (unpaired) electrons. The fourth-order valence-electron chi connectivity index (χ4n) is 3.61. The summed E-state index contributed by atoms with van der Waals surface area (Å²) in [5.41, 5.74) is 9.89. The van der Waals surface area contributed by atoms with Crippen molar-refractivity contribution in [1.82, 2.24) is 10.1 Å². The first kappa shape index (κ1) is 76.3. The maximum atomic E-state index is 12.2. The number of carbonyl (C=O) groups is 7. The molecule has 76 heavy (non-hydrogen) atoms. The molecule has 0 amide bonds. The van der Waals surface area contributed by atoms with Gasteiger partial charge in [-0.2, -0.15) is 64.6 Å². The van der Waals surface area contributed by atoms with Gasteiger partial charge in [0.15, 0.2) is 5.82 Å². The van der Waals surface area contributed by atoms with Crippen molar-refractivity contribution in [2.24, 2.45) is 21.8 Å². The van der Waals surface area contributed by atoms with Crippen molar-refractivity contribution in [3.8, 4) is 10.8 Å². The van der Waals surface area contributed by atoms with E-state index in [4.69, 9.17) is 26.3 Å². The van der Waals surface area contributed by atoms with Crippen LogP contribution in [-0.4, -0.2) is 104 Å². The number of ether oxygens (including phenoxy) is 1. The van der Waals surface area contributed by atoms with Crippen LogP contribution in [0.5, 0.6) is 0 Å². The Morgan fingerprint density at radius 2 is 0.961 bits per heavy atom. The zero-order valence-electron chi connectivity index (χ0n) is 38.5. The molecule has 0 atom stereocenters. The molecule has 0 spiro atoms. The Morgan fingerprint density at radius 1 is 0.645 bits per heavy atom. The molecule has 18 nitrogen and oxygen atoms in total. The van der Waals surface area contributed by atoms with Gasteiger partial charge < -0.3 is 49.4 Å². The second kappa shape index (κ2) is 35.2. The fraction of sp³-hybridized carbons (Fsp3) is 0.268. The second-order valence-electron chi connectivity index (χ2n) is 12.0. The fourth-order valence-corrected chi connectivity index (χ4v) is 7.00. The molecule has 0 aliphatic carbocycles. The standard InChI is InChI=1S/C9H7F3N2O3S.C9H5F3N2O2S.C9H7F3O3S.C7H3F3O3S.C2H6N2O.C2H5.C2H3.CH4.Y/c1-4(13)14-17-8(16)6-3-2-5(18-6)7(15)9(10,11)12;1-4-13-8(16-14-4)6-3-2-5(17-6)7(15)9(10,11)12;1-2-15-8(14)6-4-3-5(16-6)7(13)9(10,11)12;8-7(9,10)5(11)3-1-2-4(14-3)6(12)13;1-2(3)4-5;2*1-2;;/h2-3H,1H3,(H2,13,14);2-3H,1H3;3-4H,2H2,1H3;1-2H,(H,12,13);5H,1H3,(H2,3,4);1H2,2H3;1H,2H2;1H4;/q;;;;;2*-1;;. The van der Waals surface area contributed by atoms with Crippen LogP contribution in [0.2, 0.25) is 0 Å². The number of nitrogens with two attached hydrogens (primary N) is 2. The van der Waals surface area contributed by atoms with E-state index < -0.39 is 85.3 Å². The minimum atomic E-state index is -4.97. The number of alkyl halides is 12. The summed E-state index contributed by atoms with van der Waals surface area (Å²) < 4.78 is 154. The largest absolute Gasteiger partial charge is 0.521 e. The number of nitrogens with zero attached hydrogens (tertiary/aromatic N) is 4. The molecular weight excluding hydrogens is 1210 g/mol. The van der Waals surface area contributed by atoms with Gasteiger partial charge >= 0.3 is 42.6 Å². The third kappa shape index (κ3) is 27.5. The van der Waals surface area contributed by atoms with Gasteiger partial charge in [0.1, 0.15) is 26.3 Å². The Labute approximate surface area is 463 Å². The molecule has 0 saturated heterocycles. The third-order valence-electron chi connectivity index (χ3n) is 6.41. The maximum absolute atomic E-state index is 12.2. The summed E-state index contributed by atoms with van der Waals surface area (Å²) in [4.78, 5) is 81.8. The van der Waals surface area contributed by atoms with E-state index in [1.54, 1.807) is 20.8 Å². The van der Waals surface area contributed by atoms with E-state index in [-0.39, 0.29) is 78.9 Å². The molecular formula is C41H40F12N6O12S4Y-2. The molecule has 0 bridgehead atoms. The summed E-state index contributed by atoms with van der Waals surface area (Å²) in [5.74, 6) is -10.3. The minimum Gasteiger partial charge on any atom is -0.521 e.